The van der Waals surface area contributed by atoms with Crippen molar-refractivity contribution < 1.29 is 47.6 Å². The van der Waals surface area contributed by atoms with Gasteiger partial charge in [0.05, 0.1) is 4.90 Å². The van der Waals surface area contributed by atoms with Gasteiger partial charge >= 0.3 is 29.6 Å². The molecule has 16 heavy (non-hydrogen) atoms. The summed E-state index contributed by atoms with van der Waals surface area (Å²) in [6, 6.07) is 5.58. The molecule has 0 aliphatic rings. The third kappa shape index (κ3) is 7.16. The molecule has 0 bridgehead atoms. The molecule has 0 saturated carbocycles. The van der Waals surface area contributed by atoms with Crippen molar-refractivity contribution in [1.29, 1.82) is 0 Å². The molecule has 1 aromatic rings. The molecule has 0 saturated heterocycles. The van der Waals surface area contributed by atoms with E-state index in [1.165, 1.54) is 24.3 Å². The molecular weight excluding hydrogens is 239 g/mol. The zero-order valence-electron chi connectivity index (χ0n) is 9.38. The maximum absolute atomic E-state index is 10.5. The first-order chi connectivity index (χ1) is 6.95. The minimum atomic E-state index is -4.31. The summed E-state index contributed by atoms with van der Waals surface area (Å²) in [4.78, 5) is -0.215. The van der Waals surface area contributed by atoms with Crippen LogP contribution in [0.25, 0.3) is 6.08 Å². The molecule has 1 rings (SSSR count). The molecule has 6 heteroatoms. The normalized spacial score (nSPS) is 9.44. The van der Waals surface area contributed by atoms with Gasteiger partial charge in [0.2, 0.25) is 0 Å². The molecular formula is C10H13NaO4S. The third-order valence-electron chi connectivity index (χ3n) is 1.40. The molecule has 1 aromatic carbocycles. The third-order valence-corrected chi connectivity index (χ3v) is 2.25. The van der Waals surface area contributed by atoms with Crippen molar-refractivity contribution in [2.45, 2.75) is 11.8 Å². The van der Waals surface area contributed by atoms with Gasteiger partial charge < -0.3 is 9.66 Å². The van der Waals surface area contributed by atoms with Crippen LogP contribution in [0.4, 0.5) is 0 Å². The van der Waals surface area contributed by atoms with E-state index in [2.05, 4.69) is 6.58 Å². The second-order valence-electron chi connectivity index (χ2n) is 2.54. The van der Waals surface area contributed by atoms with Gasteiger partial charge in [-0.25, -0.2) is 8.42 Å². The summed E-state index contributed by atoms with van der Waals surface area (Å²) in [5.41, 5.74) is 0.780. The van der Waals surface area contributed by atoms with Gasteiger partial charge in [-0.1, -0.05) is 24.8 Å². The van der Waals surface area contributed by atoms with Gasteiger partial charge in [0, 0.05) is 6.61 Å². The Bertz CT molecular complexity index is 397. The van der Waals surface area contributed by atoms with E-state index in [9.17, 15) is 13.0 Å². The van der Waals surface area contributed by atoms with Gasteiger partial charge in [0.15, 0.2) is 0 Å². The Morgan fingerprint density at radius 1 is 1.38 bits per heavy atom. The van der Waals surface area contributed by atoms with Gasteiger partial charge in [0.25, 0.3) is 0 Å². The van der Waals surface area contributed by atoms with Crippen molar-refractivity contribution in [3.8, 4) is 0 Å². The van der Waals surface area contributed by atoms with Crippen molar-refractivity contribution in [2.75, 3.05) is 6.61 Å². The van der Waals surface area contributed by atoms with Crippen molar-refractivity contribution in [1.82, 2.24) is 0 Å². The van der Waals surface area contributed by atoms with Crippen LogP contribution in [-0.4, -0.2) is 24.7 Å². The molecule has 0 atom stereocenters. The SMILES string of the molecule is C=Cc1ccc(S(=O)(=O)[O-])cc1.CCO.[Na+]. The number of rotatable bonds is 2. The summed E-state index contributed by atoms with van der Waals surface area (Å²) in [6.45, 7) is 5.43. The van der Waals surface area contributed by atoms with Gasteiger partial charge in [0.1, 0.15) is 10.1 Å². The van der Waals surface area contributed by atoms with Gasteiger partial charge in [-0.15, -0.1) is 0 Å². The number of benzene rings is 1. The van der Waals surface area contributed by atoms with Gasteiger partial charge in [-0.2, -0.15) is 0 Å². The predicted molar refractivity (Wildman–Crippen MR) is 57.3 cm³/mol. The Labute approximate surface area is 118 Å². The molecule has 4 nitrogen and oxygen atoms in total. The topological polar surface area (TPSA) is 77.4 Å². The Morgan fingerprint density at radius 3 is 2.00 bits per heavy atom. The minimum Gasteiger partial charge on any atom is -0.744 e. The van der Waals surface area contributed by atoms with Crippen LogP contribution in [0.15, 0.2) is 35.7 Å². The maximum atomic E-state index is 10.5. The molecule has 0 aliphatic heterocycles. The fourth-order valence-electron chi connectivity index (χ4n) is 0.771. The van der Waals surface area contributed by atoms with Crippen LogP contribution in [0, 0.1) is 0 Å². The van der Waals surface area contributed by atoms with E-state index in [0.717, 1.165) is 5.56 Å². The second kappa shape index (κ2) is 8.92. The van der Waals surface area contributed by atoms with Crippen LogP contribution in [0.1, 0.15) is 12.5 Å². The average Bonchev–Trinajstić information content (AvgIpc) is 2.18. The quantitative estimate of drug-likeness (QED) is 0.499. The van der Waals surface area contributed by atoms with E-state index in [0.29, 0.717) is 0 Å². The maximum Gasteiger partial charge on any atom is 1.00 e. The standard InChI is InChI=1S/C8H8O3S.C2H6O.Na/c1-2-7-3-5-8(6-4-7)12(9,10)11;1-2-3;/h2-6H,1H2,(H,9,10,11);3H,2H2,1H3;/q;;+1/p-1. The van der Waals surface area contributed by atoms with E-state index in [1.807, 2.05) is 0 Å². The monoisotopic (exact) mass is 252 g/mol. The van der Waals surface area contributed by atoms with Gasteiger partial charge in [-0.05, 0) is 24.6 Å². The number of hydrogen-bond donors (Lipinski definition) is 1. The molecule has 0 aliphatic carbocycles. The van der Waals surface area contributed by atoms with Crippen LogP contribution < -0.4 is 29.6 Å². The predicted octanol–water partition coefficient (Wildman–Crippen LogP) is -1.76. The van der Waals surface area contributed by atoms with E-state index in [-0.39, 0.29) is 41.1 Å². The van der Waals surface area contributed by atoms with Crippen molar-refractivity contribution in [3.05, 3.63) is 36.4 Å². The number of aliphatic hydroxyl groups is 1. The van der Waals surface area contributed by atoms with E-state index < -0.39 is 10.1 Å². The first kappa shape index (κ1) is 18.2. The molecule has 0 radical (unpaired) electrons. The molecule has 0 aromatic heterocycles. The smallest absolute Gasteiger partial charge is 0.744 e. The van der Waals surface area contributed by atoms with E-state index >= 15 is 0 Å². The molecule has 84 valence electrons. The Hall–Kier alpha value is -0.170. The molecule has 1 N–H and O–H groups in total. The zero-order chi connectivity index (χ0) is 11.9. The van der Waals surface area contributed by atoms with Crippen molar-refractivity contribution in [2.24, 2.45) is 0 Å². The number of hydrogen-bond acceptors (Lipinski definition) is 4. The number of aliphatic hydroxyl groups excluding tert-OH is 1. The van der Waals surface area contributed by atoms with Crippen LogP contribution >= 0.6 is 0 Å². The first-order valence-electron chi connectivity index (χ1n) is 4.25. The fraction of sp³-hybridized carbons (Fsp3) is 0.200. The first-order valence-corrected chi connectivity index (χ1v) is 5.65. The van der Waals surface area contributed by atoms with E-state index in [1.54, 1.807) is 13.0 Å². The Kier molecular flexibility index (Phi) is 10.2. The Balaban J connectivity index is 0. The molecule has 0 fully saturated rings. The van der Waals surface area contributed by atoms with Crippen LogP contribution in [-0.2, 0) is 10.1 Å². The largest absolute Gasteiger partial charge is 1.00 e. The molecule has 0 spiro atoms. The van der Waals surface area contributed by atoms with E-state index in [4.69, 9.17) is 5.11 Å². The van der Waals surface area contributed by atoms with Crippen molar-refractivity contribution in [3.63, 3.8) is 0 Å². The molecule has 0 unspecified atom stereocenters. The fourth-order valence-corrected chi connectivity index (χ4v) is 1.24. The van der Waals surface area contributed by atoms with Crippen LogP contribution in [0.3, 0.4) is 0 Å². The average molecular weight is 252 g/mol. The summed E-state index contributed by atoms with van der Waals surface area (Å²) >= 11 is 0. The van der Waals surface area contributed by atoms with Crippen LogP contribution in [0.5, 0.6) is 0 Å². The van der Waals surface area contributed by atoms with Crippen molar-refractivity contribution >= 4 is 16.2 Å². The summed E-state index contributed by atoms with van der Waals surface area (Å²) in [5, 5.41) is 7.57. The van der Waals surface area contributed by atoms with Gasteiger partial charge in [-0.3, -0.25) is 0 Å². The minimum absolute atomic E-state index is 0. The second-order valence-corrected chi connectivity index (χ2v) is 3.92. The molecule has 0 amide bonds. The summed E-state index contributed by atoms with van der Waals surface area (Å²) in [5.74, 6) is 0. The summed E-state index contributed by atoms with van der Waals surface area (Å²) in [7, 11) is -4.31. The summed E-state index contributed by atoms with van der Waals surface area (Å²) < 4.78 is 31.4. The zero-order valence-corrected chi connectivity index (χ0v) is 12.2. The van der Waals surface area contributed by atoms with Crippen LogP contribution in [0.2, 0.25) is 0 Å². The molecule has 0 heterocycles. The summed E-state index contributed by atoms with van der Waals surface area (Å²) in [6.07, 6.45) is 1.57. The Morgan fingerprint density at radius 2 is 1.75 bits per heavy atom.